The fraction of sp³-hybridized carbons (Fsp3) is 0.778. The molecule has 0 aliphatic heterocycles. The van der Waals surface area contributed by atoms with Gasteiger partial charge in [0.1, 0.15) is 0 Å². The lowest BCUT2D eigenvalue weighted by atomic mass is 10.1. The van der Waals surface area contributed by atoms with Crippen LogP contribution in [0.3, 0.4) is 0 Å². The highest BCUT2D eigenvalue weighted by atomic mass is 15.4. The molecule has 1 aromatic heterocycles. The quantitative estimate of drug-likeness (QED) is 0.690. The molecule has 0 aromatic carbocycles. The second kappa shape index (κ2) is 3.70. The normalized spacial score (nSPS) is 11.1. The van der Waals surface area contributed by atoms with Crippen LogP contribution >= 0.6 is 0 Å². The second-order valence-corrected chi connectivity index (χ2v) is 3.44. The van der Waals surface area contributed by atoms with Gasteiger partial charge in [0, 0.05) is 6.54 Å². The van der Waals surface area contributed by atoms with Gasteiger partial charge in [-0.25, -0.2) is 4.68 Å². The number of hydrogen-bond donors (Lipinski definition) is 0. The number of nitrogens with zero attached hydrogens (tertiary/aromatic N) is 3. The van der Waals surface area contributed by atoms with Gasteiger partial charge < -0.3 is 0 Å². The van der Waals surface area contributed by atoms with E-state index in [-0.39, 0.29) is 0 Å². The molecular formula is C9H17N3. The van der Waals surface area contributed by atoms with Crippen LogP contribution in [-0.4, -0.2) is 15.0 Å². The maximum atomic E-state index is 4.09. The molecule has 68 valence electrons. The topological polar surface area (TPSA) is 30.7 Å². The van der Waals surface area contributed by atoms with Crippen molar-refractivity contribution in [1.82, 2.24) is 15.0 Å². The van der Waals surface area contributed by atoms with Gasteiger partial charge in [-0.2, -0.15) is 0 Å². The molecule has 0 N–H and O–H groups in total. The molecule has 1 aromatic rings. The van der Waals surface area contributed by atoms with Crippen LogP contribution in [0.1, 0.15) is 44.5 Å². The van der Waals surface area contributed by atoms with E-state index in [1.807, 2.05) is 11.6 Å². The smallest absolute Gasteiger partial charge is 0.0830 e. The minimum atomic E-state index is 0.520. The molecule has 1 heterocycles. The average Bonchev–Trinajstić information content (AvgIpc) is 2.32. The Hall–Kier alpha value is -0.860. The molecule has 0 amide bonds. The van der Waals surface area contributed by atoms with Crippen LogP contribution in [0.15, 0.2) is 0 Å². The zero-order chi connectivity index (χ0) is 9.14. The van der Waals surface area contributed by atoms with E-state index in [4.69, 9.17) is 0 Å². The fourth-order valence-electron chi connectivity index (χ4n) is 1.50. The Labute approximate surface area is 73.8 Å². The highest BCUT2D eigenvalue weighted by Crippen LogP contribution is 2.16. The first-order valence-corrected chi connectivity index (χ1v) is 4.56. The molecule has 1 rings (SSSR count). The summed E-state index contributed by atoms with van der Waals surface area (Å²) in [6, 6.07) is 0. The van der Waals surface area contributed by atoms with Gasteiger partial charge in [-0.3, -0.25) is 0 Å². The Bertz CT molecular complexity index is 250. The van der Waals surface area contributed by atoms with Crippen molar-refractivity contribution in [3.63, 3.8) is 0 Å². The van der Waals surface area contributed by atoms with Gasteiger partial charge in [-0.1, -0.05) is 26.0 Å². The van der Waals surface area contributed by atoms with Crippen LogP contribution in [0.5, 0.6) is 0 Å². The van der Waals surface area contributed by atoms with Crippen molar-refractivity contribution in [3.8, 4) is 0 Å². The molecule has 0 fully saturated rings. The minimum Gasteiger partial charge on any atom is -0.249 e. The van der Waals surface area contributed by atoms with Crippen LogP contribution in [0.2, 0.25) is 0 Å². The number of aryl methyl sites for hydroxylation is 2. The first-order chi connectivity index (χ1) is 5.66. The van der Waals surface area contributed by atoms with E-state index < -0.39 is 0 Å². The summed E-state index contributed by atoms with van der Waals surface area (Å²) < 4.78 is 2.01. The van der Waals surface area contributed by atoms with Gasteiger partial charge in [0.15, 0.2) is 0 Å². The summed E-state index contributed by atoms with van der Waals surface area (Å²) in [6.45, 7) is 9.51. The molecule has 0 aliphatic rings. The number of aromatic nitrogens is 3. The van der Waals surface area contributed by atoms with Gasteiger partial charge >= 0.3 is 0 Å². The Balaban J connectivity index is 2.95. The monoisotopic (exact) mass is 167 g/mol. The van der Waals surface area contributed by atoms with E-state index in [0.717, 1.165) is 18.7 Å². The lowest BCUT2D eigenvalue weighted by molar-refractivity contribution is 0.542. The molecular weight excluding hydrogens is 150 g/mol. The van der Waals surface area contributed by atoms with Crippen molar-refractivity contribution in [2.45, 2.75) is 46.6 Å². The summed E-state index contributed by atoms with van der Waals surface area (Å²) >= 11 is 0. The molecule has 0 radical (unpaired) electrons. The van der Waals surface area contributed by atoms with Crippen LogP contribution in [0, 0.1) is 6.92 Å². The van der Waals surface area contributed by atoms with Gasteiger partial charge in [0.25, 0.3) is 0 Å². The fourth-order valence-corrected chi connectivity index (χ4v) is 1.50. The molecule has 0 aliphatic carbocycles. The lowest BCUT2D eigenvalue weighted by Crippen LogP contribution is -2.06. The molecule has 0 saturated carbocycles. The predicted molar refractivity (Wildman–Crippen MR) is 49.1 cm³/mol. The van der Waals surface area contributed by atoms with Crippen molar-refractivity contribution in [3.05, 3.63) is 11.4 Å². The van der Waals surface area contributed by atoms with Crippen molar-refractivity contribution in [1.29, 1.82) is 0 Å². The maximum Gasteiger partial charge on any atom is 0.0830 e. The van der Waals surface area contributed by atoms with Crippen LogP contribution < -0.4 is 0 Å². The van der Waals surface area contributed by atoms with Crippen LogP contribution in [-0.2, 0) is 6.54 Å². The van der Waals surface area contributed by atoms with E-state index >= 15 is 0 Å². The maximum absolute atomic E-state index is 4.09. The third-order valence-electron chi connectivity index (χ3n) is 1.93. The molecule has 0 spiro atoms. The van der Waals surface area contributed by atoms with Crippen LogP contribution in [0.25, 0.3) is 0 Å². The van der Waals surface area contributed by atoms with E-state index in [1.165, 1.54) is 5.69 Å². The molecule has 0 unspecified atom stereocenters. The SMILES string of the molecule is CCCn1nnc(C)c1C(C)C. The van der Waals surface area contributed by atoms with E-state index in [0.29, 0.717) is 5.92 Å². The highest BCUT2D eigenvalue weighted by molar-refractivity contribution is 5.11. The summed E-state index contributed by atoms with van der Waals surface area (Å²) in [5.74, 6) is 0.520. The summed E-state index contributed by atoms with van der Waals surface area (Å²) in [7, 11) is 0. The van der Waals surface area contributed by atoms with Crippen molar-refractivity contribution in [2.75, 3.05) is 0 Å². The predicted octanol–water partition coefficient (Wildman–Crippen LogP) is 2.12. The van der Waals surface area contributed by atoms with E-state index in [2.05, 4.69) is 31.1 Å². The first kappa shape index (κ1) is 9.23. The van der Waals surface area contributed by atoms with Gasteiger partial charge in [-0.15, -0.1) is 5.10 Å². The van der Waals surface area contributed by atoms with Crippen molar-refractivity contribution < 1.29 is 0 Å². The number of rotatable bonds is 3. The second-order valence-electron chi connectivity index (χ2n) is 3.44. The third-order valence-corrected chi connectivity index (χ3v) is 1.93. The molecule has 0 atom stereocenters. The molecule has 0 saturated heterocycles. The summed E-state index contributed by atoms with van der Waals surface area (Å²) in [5.41, 5.74) is 2.34. The van der Waals surface area contributed by atoms with Crippen molar-refractivity contribution in [2.24, 2.45) is 0 Å². The Morgan fingerprint density at radius 1 is 1.42 bits per heavy atom. The third kappa shape index (κ3) is 1.65. The zero-order valence-corrected chi connectivity index (χ0v) is 8.33. The Morgan fingerprint density at radius 2 is 2.08 bits per heavy atom. The van der Waals surface area contributed by atoms with E-state index in [1.54, 1.807) is 0 Å². The van der Waals surface area contributed by atoms with Gasteiger partial charge in [0.2, 0.25) is 0 Å². The largest absolute Gasteiger partial charge is 0.249 e. The van der Waals surface area contributed by atoms with Crippen molar-refractivity contribution >= 4 is 0 Å². The Kier molecular flexibility index (Phi) is 2.84. The zero-order valence-electron chi connectivity index (χ0n) is 8.33. The standard InChI is InChI=1S/C9H17N3/c1-5-6-12-9(7(2)3)8(4)10-11-12/h7H,5-6H2,1-4H3. The summed E-state index contributed by atoms with van der Waals surface area (Å²) in [5, 5.41) is 8.16. The first-order valence-electron chi connectivity index (χ1n) is 4.56. The molecule has 3 heteroatoms. The lowest BCUT2D eigenvalue weighted by Gasteiger charge is -2.08. The van der Waals surface area contributed by atoms with Crippen LogP contribution in [0.4, 0.5) is 0 Å². The van der Waals surface area contributed by atoms with E-state index in [9.17, 15) is 0 Å². The average molecular weight is 167 g/mol. The Morgan fingerprint density at radius 3 is 2.58 bits per heavy atom. The highest BCUT2D eigenvalue weighted by Gasteiger charge is 2.11. The summed E-state index contributed by atoms with van der Waals surface area (Å²) in [4.78, 5) is 0. The molecule has 12 heavy (non-hydrogen) atoms. The van der Waals surface area contributed by atoms with Gasteiger partial charge in [-0.05, 0) is 19.3 Å². The van der Waals surface area contributed by atoms with Gasteiger partial charge in [0.05, 0.1) is 11.4 Å². The summed E-state index contributed by atoms with van der Waals surface area (Å²) in [6.07, 6.45) is 1.11. The molecule has 0 bridgehead atoms. The minimum absolute atomic E-state index is 0.520. The number of hydrogen-bond acceptors (Lipinski definition) is 2. The molecule has 3 nitrogen and oxygen atoms in total.